The quantitative estimate of drug-likeness (QED) is 0.437. The minimum atomic E-state index is -0.975. The number of fused-ring (bicyclic) bond motifs is 1. The lowest BCUT2D eigenvalue weighted by Crippen LogP contribution is -2.56. The van der Waals surface area contributed by atoms with E-state index in [0.717, 1.165) is 49.4 Å². The van der Waals surface area contributed by atoms with Gasteiger partial charge in [-0.05, 0) is 61.4 Å². The molecule has 1 N–H and O–H groups in total. The number of hydrogen-bond acceptors (Lipinski definition) is 7. The molecule has 1 fully saturated rings. The summed E-state index contributed by atoms with van der Waals surface area (Å²) in [7, 11) is 4.85. The zero-order chi connectivity index (χ0) is 25.7. The van der Waals surface area contributed by atoms with Crippen LogP contribution in [0.1, 0.15) is 44.2 Å². The Labute approximate surface area is 215 Å². The van der Waals surface area contributed by atoms with Gasteiger partial charge >= 0.3 is 0 Å². The first kappa shape index (κ1) is 26.2. The third-order valence-electron chi connectivity index (χ3n) is 7.54. The third kappa shape index (κ3) is 5.27. The second-order valence-corrected chi connectivity index (χ2v) is 9.81. The number of β-amino-alcohol motifs (C(OH)–C–C–N with tert-alkyl or cyclic N) is 1. The van der Waals surface area contributed by atoms with Crippen molar-refractivity contribution in [2.45, 2.75) is 44.4 Å². The van der Waals surface area contributed by atoms with Gasteiger partial charge in [0, 0.05) is 13.1 Å². The maximum absolute atomic E-state index is 12.2. The van der Waals surface area contributed by atoms with Gasteiger partial charge in [0.25, 0.3) is 0 Å². The van der Waals surface area contributed by atoms with Crippen LogP contribution in [0.5, 0.6) is 23.0 Å². The number of aliphatic hydroxyl groups is 1. The highest BCUT2D eigenvalue weighted by molar-refractivity contribution is 5.63. The Morgan fingerprint density at radius 3 is 2.39 bits per heavy atom. The van der Waals surface area contributed by atoms with Crippen molar-refractivity contribution in [3.63, 3.8) is 0 Å². The van der Waals surface area contributed by atoms with Crippen LogP contribution in [-0.4, -0.2) is 63.3 Å². The molecule has 2 aromatic carbocycles. The molecule has 2 aliphatic heterocycles. The summed E-state index contributed by atoms with van der Waals surface area (Å²) in [6.45, 7) is 8.80. The molecule has 4 rings (SSSR count). The normalized spacial score (nSPS) is 20.1. The number of para-hydroxylation sites is 2. The molecule has 3 unspecified atom stereocenters. The maximum Gasteiger partial charge on any atom is 0.203 e. The zero-order valence-corrected chi connectivity index (χ0v) is 22.0. The molecule has 0 amide bonds. The molecule has 36 heavy (non-hydrogen) atoms. The van der Waals surface area contributed by atoms with Crippen LogP contribution in [-0.2, 0) is 0 Å². The molecule has 1 saturated heterocycles. The second-order valence-electron chi connectivity index (χ2n) is 9.81. The van der Waals surface area contributed by atoms with E-state index in [1.54, 1.807) is 21.3 Å². The number of allylic oxidation sites excluding steroid dienone is 1. The summed E-state index contributed by atoms with van der Waals surface area (Å²) < 4.78 is 23.1. The highest BCUT2D eigenvalue weighted by Crippen LogP contribution is 2.45. The van der Waals surface area contributed by atoms with E-state index < -0.39 is 5.72 Å². The Kier molecular flexibility index (Phi) is 8.32. The minimum Gasteiger partial charge on any atom is -0.493 e. The number of rotatable bonds is 11. The highest BCUT2D eigenvalue weighted by atomic mass is 16.5. The average Bonchev–Trinajstić information content (AvgIpc) is 3.47. The van der Waals surface area contributed by atoms with Crippen molar-refractivity contribution >= 4 is 5.69 Å². The van der Waals surface area contributed by atoms with Gasteiger partial charge in [-0.15, -0.1) is 6.58 Å². The molecular weight excluding hydrogens is 456 g/mol. The van der Waals surface area contributed by atoms with Crippen molar-refractivity contribution in [1.82, 2.24) is 4.90 Å². The molecule has 0 saturated carbocycles. The van der Waals surface area contributed by atoms with Gasteiger partial charge < -0.3 is 29.0 Å². The fraction of sp³-hybridized carbons (Fsp3) is 0.517. The summed E-state index contributed by atoms with van der Waals surface area (Å²) in [5.74, 6) is 2.91. The monoisotopic (exact) mass is 496 g/mol. The summed E-state index contributed by atoms with van der Waals surface area (Å²) in [5, 5.41) is 12.2. The number of methoxy groups -OCH3 is 3. The summed E-state index contributed by atoms with van der Waals surface area (Å²) >= 11 is 0. The van der Waals surface area contributed by atoms with Crippen molar-refractivity contribution in [3.05, 3.63) is 54.6 Å². The molecule has 7 nitrogen and oxygen atoms in total. The van der Waals surface area contributed by atoms with Crippen LogP contribution in [0.15, 0.2) is 49.1 Å². The molecule has 0 spiro atoms. The van der Waals surface area contributed by atoms with Crippen LogP contribution in [0.3, 0.4) is 0 Å². The molecule has 7 heteroatoms. The highest BCUT2D eigenvalue weighted by Gasteiger charge is 2.41. The number of ether oxygens (including phenoxy) is 4. The predicted octanol–water partition coefficient (Wildman–Crippen LogP) is 5.04. The van der Waals surface area contributed by atoms with Crippen molar-refractivity contribution in [2.24, 2.45) is 5.92 Å². The van der Waals surface area contributed by atoms with Gasteiger partial charge in [-0.3, -0.25) is 4.90 Å². The van der Waals surface area contributed by atoms with E-state index in [1.165, 1.54) is 0 Å². The first-order valence-corrected chi connectivity index (χ1v) is 12.8. The Morgan fingerprint density at radius 2 is 1.78 bits per heavy atom. The minimum absolute atomic E-state index is 0.153. The van der Waals surface area contributed by atoms with Gasteiger partial charge in [0.2, 0.25) is 5.75 Å². The molecule has 2 aromatic rings. The van der Waals surface area contributed by atoms with Gasteiger partial charge in [0.15, 0.2) is 11.5 Å². The predicted molar refractivity (Wildman–Crippen MR) is 142 cm³/mol. The lowest BCUT2D eigenvalue weighted by atomic mass is 9.95. The van der Waals surface area contributed by atoms with E-state index in [2.05, 4.69) is 29.4 Å². The molecule has 196 valence electrons. The summed E-state index contributed by atoms with van der Waals surface area (Å²) in [6.07, 6.45) is 5.72. The Morgan fingerprint density at radius 1 is 1.11 bits per heavy atom. The van der Waals surface area contributed by atoms with Crippen molar-refractivity contribution in [3.8, 4) is 23.0 Å². The lowest BCUT2D eigenvalue weighted by molar-refractivity contribution is -0.100. The van der Waals surface area contributed by atoms with Crippen LogP contribution in [0.4, 0.5) is 5.69 Å². The van der Waals surface area contributed by atoms with Crippen LogP contribution < -0.4 is 23.8 Å². The molecule has 2 heterocycles. The number of hydrogen-bond donors (Lipinski definition) is 1. The lowest BCUT2D eigenvalue weighted by Gasteiger charge is -2.46. The molecule has 3 atom stereocenters. The van der Waals surface area contributed by atoms with Crippen LogP contribution in [0, 0.1) is 5.92 Å². The zero-order valence-electron chi connectivity index (χ0n) is 22.0. The molecule has 0 aromatic heterocycles. The largest absolute Gasteiger partial charge is 0.493 e. The fourth-order valence-corrected chi connectivity index (χ4v) is 5.33. The van der Waals surface area contributed by atoms with Gasteiger partial charge in [-0.25, -0.2) is 0 Å². The average molecular weight is 497 g/mol. The van der Waals surface area contributed by atoms with E-state index in [4.69, 9.17) is 18.9 Å². The van der Waals surface area contributed by atoms with Crippen LogP contribution in [0.25, 0.3) is 0 Å². The number of benzene rings is 2. The Hall–Kier alpha value is -2.90. The molecule has 2 aliphatic rings. The SMILES string of the molecule is C=CC(C)CCC(O)(CN1c2ccccc2OCC1c1cc(OC)c(OC)c(OC)c1)N1CCCC1. The fourth-order valence-electron chi connectivity index (χ4n) is 5.33. The van der Waals surface area contributed by atoms with Gasteiger partial charge in [-0.2, -0.15) is 0 Å². The standard InChI is InChI=1S/C29H40N2O5/c1-6-21(2)13-14-29(32,30-15-9-10-16-30)20-31-23-11-7-8-12-25(23)36-19-24(31)22-17-26(33-3)28(35-5)27(18-22)34-4/h6-8,11-12,17-18,21,24,32H,1,9-10,13-16,19-20H2,2-5H3. The summed E-state index contributed by atoms with van der Waals surface area (Å²) in [6, 6.07) is 11.9. The first-order chi connectivity index (χ1) is 17.4. The topological polar surface area (TPSA) is 63.6 Å². The van der Waals surface area contributed by atoms with E-state index in [1.807, 2.05) is 36.4 Å². The van der Waals surface area contributed by atoms with E-state index in [9.17, 15) is 5.11 Å². The smallest absolute Gasteiger partial charge is 0.203 e. The molecule has 0 bridgehead atoms. The van der Waals surface area contributed by atoms with Crippen molar-refractivity contribution in [2.75, 3.05) is 52.5 Å². The van der Waals surface area contributed by atoms with Gasteiger partial charge in [0.1, 0.15) is 18.1 Å². The molecular formula is C29H40N2O5. The number of anilines is 1. The Balaban J connectivity index is 1.76. The van der Waals surface area contributed by atoms with Crippen LogP contribution in [0.2, 0.25) is 0 Å². The number of nitrogens with zero attached hydrogens (tertiary/aromatic N) is 2. The van der Waals surface area contributed by atoms with Gasteiger partial charge in [-0.1, -0.05) is 25.1 Å². The Bertz CT molecular complexity index is 1010. The second kappa shape index (κ2) is 11.4. The van der Waals surface area contributed by atoms with E-state index in [-0.39, 0.29) is 6.04 Å². The van der Waals surface area contributed by atoms with Crippen LogP contribution >= 0.6 is 0 Å². The van der Waals surface area contributed by atoms with Gasteiger partial charge in [0.05, 0.1) is 39.6 Å². The first-order valence-electron chi connectivity index (χ1n) is 12.8. The third-order valence-corrected chi connectivity index (χ3v) is 7.54. The number of likely N-dealkylation sites (tertiary alicyclic amines) is 1. The summed E-state index contributed by atoms with van der Waals surface area (Å²) in [5.41, 5.74) is 0.969. The summed E-state index contributed by atoms with van der Waals surface area (Å²) in [4.78, 5) is 4.55. The van der Waals surface area contributed by atoms with Crippen molar-refractivity contribution < 1.29 is 24.1 Å². The van der Waals surface area contributed by atoms with Crippen molar-refractivity contribution in [1.29, 1.82) is 0 Å². The molecule has 0 aliphatic carbocycles. The van der Waals surface area contributed by atoms with E-state index in [0.29, 0.717) is 42.7 Å². The molecule has 0 radical (unpaired) electrons. The van der Waals surface area contributed by atoms with E-state index >= 15 is 0 Å². The maximum atomic E-state index is 12.2.